The molecule has 0 fully saturated rings. The molecule has 0 spiro atoms. The standard InChI is InChI=1S/C16H13ClFN3O/c1-9-10(2)21-8-11(6-7-14(21)19-9)20-16(22)15-12(17)4-3-5-13(15)18/h3-8H,1-2H3,(H,20,22). The quantitative estimate of drug-likeness (QED) is 0.776. The number of hydrogen-bond donors (Lipinski definition) is 1. The molecule has 0 bridgehead atoms. The number of anilines is 1. The van der Waals surface area contributed by atoms with Crippen LogP contribution < -0.4 is 5.32 Å². The summed E-state index contributed by atoms with van der Waals surface area (Å²) >= 11 is 5.90. The topological polar surface area (TPSA) is 46.4 Å². The highest BCUT2D eigenvalue weighted by Crippen LogP contribution is 2.21. The molecule has 112 valence electrons. The Labute approximate surface area is 131 Å². The highest BCUT2D eigenvalue weighted by molar-refractivity contribution is 6.34. The number of fused-ring (bicyclic) bond motifs is 1. The lowest BCUT2D eigenvalue weighted by Gasteiger charge is -2.08. The molecule has 6 heteroatoms. The minimum Gasteiger partial charge on any atom is -0.321 e. The number of aromatic nitrogens is 2. The first-order valence-electron chi connectivity index (χ1n) is 6.68. The fourth-order valence-electron chi connectivity index (χ4n) is 2.26. The maximum Gasteiger partial charge on any atom is 0.260 e. The van der Waals surface area contributed by atoms with Crippen molar-refractivity contribution in [2.24, 2.45) is 0 Å². The highest BCUT2D eigenvalue weighted by atomic mass is 35.5. The van der Waals surface area contributed by atoms with Crippen molar-refractivity contribution in [1.82, 2.24) is 9.38 Å². The molecule has 1 aromatic carbocycles. The van der Waals surface area contributed by atoms with E-state index < -0.39 is 11.7 Å². The van der Waals surface area contributed by atoms with Crippen molar-refractivity contribution in [3.05, 3.63) is 64.3 Å². The van der Waals surface area contributed by atoms with Crippen molar-refractivity contribution < 1.29 is 9.18 Å². The summed E-state index contributed by atoms with van der Waals surface area (Å²) in [5.41, 5.74) is 3.06. The number of nitrogens with zero attached hydrogens (tertiary/aromatic N) is 2. The van der Waals surface area contributed by atoms with E-state index in [1.54, 1.807) is 18.3 Å². The van der Waals surface area contributed by atoms with Crippen molar-refractivity contribution >= 4 is 28.8 Å². The summed E-state index contributed by atoms with van der Waals surface area (Å²) in [5, 5.41) is 2.73. The van der Waals surface area contributed by atoms with Crippen LogP contribution in [0.3, 0.4) is 0 Å². The SMILES string of the molecule is Cc1nc2ccc(NC(=O)c3c(F)cccc3Cl)cn2c1C. The Hall–Kier alpha value is -2.40. The molecule has 1 N–H and O–H groups in total. The molecule has 4 nitrogen and oxygen atoms in total. The maximum atomic E-state index is 13.8. The average molecular weight is 318 g/mol. The molecule has 1 amide bonds. The Balaban J connectivity index is 1.96. The zero-order valence-electron chi connectivity index (χ0n) is 12.0. The Morgan fingerprint density at radius 2 is 2.05 bits per heavy atom. The van der Waals surface area contributed by atoms with Gasteiger partial charge in [0.25, 0.3) is 5.91 Å². The van der Waals surface area contributed by atoms with Gasteiger partial charge in [0.05, 0.1) is 22.0 Å². The van der Waals surface area contributed by atoms with Crippen LogP contribution in [0.25, 0.3) is 5.65 Å². The second-order valence-corrected chi connectivity index (χ2v) is 5.39. The zero-order valence-corrected chi connectivity index (χ0v) is 12.8. The van der Waals surface area contributed by atoms with Crippen molar-refractivity contribution in [3.8, 4) is 0 Å². The molecule has 3 aromatic rings. The van der Waals surface area contributed by atoms with Gasteiger partial charge in [0.2, 0.25) is 0 Å². The summed E-state index contributed by atoms with van der Waals surface area (Å²) < 4.78 is 15.6. The van der Waals surface area contributed by atoms with Crippen LogP contribution >= 0.6 is 11.6 Å². The molecule has 0 saturated heterocycles. The van der Waals surface area contributed by atoms with Crippen molar-refractivity contribution in [3.63, 3.8) is 0 Å². The number of nitrogens with one attached hydrogen (secondary N) is 1. The molecule has 0 unspecified atom stereocenters. The zero-order chi connectivity index (χ0) is 15.9. The van der Waals surface area contributed by atoms with E-state index in [9.17, 15) is 9.18 Å². The van der Waals surface area contributed by atoms with Gasteiger partial charge in [-0.15, -0.1) is 0 Å². The van der Waals surface area contributed by atoms with E-state index in [4.69, 9.17) is 11.6 Å². The van der Waals surface area contributed by atoms with Crippen molar-refractivity contribution in [2.75, 3.05) is 5.32 Å². The number of hydrogen-bond acceptors (Lipinski definition) is 2. The van der Waals surface area contributed by atoms with Crippen LogP contribution in [0.4, 0.5) is 10.1 Å². The Kier molecular flexibility index (Phi) is 3.58. The number of amides is 1. The van der Waals surface area contributed by atoms with E-state index in [1.165, 1.54) is 18.2 Å². The van der Waals surface area contributed by atoms with Gasteiger partial charge in [-0.3, -0.25) is 4.79 Å². The van der Waals surface area contributed by atoms with Crippen LogP contribution in [-0.2, 0) is 0 Å². The van der Waals surface area contributed by atoms with Gasteiger partial charge in [-0.05, 0) is 38.1 Å². The van der Waals surface area contributed by atoms with E-state index in [0.717, 1.165) is 17.0 Å². The molecule has 2 heterocycles. The maximum absolute atomic E-state index is 13.8. The Morgan fingerprint density at radius 1 is 1.27 bits per heavy atom. The lowest BCUT2D eigenvalue weighted by Crippen LogP contribution is -2.14. The lowest BCUT2D eigenvalue weighted by molar-refractivity contribution is 0.102. The van der Waals surface area contributed by atoms with E-state index in [-0.39, 0.29) is 10.6 Å². The van der Waals surface area contributed by atoms with Gasteiger partial charge in [-0.1, -0.05) is 17.7 Å². The third-order valence-corrected chi connectivity index (χ3v) is 3.86. The van der Waals surface area contributed by atoms with E-state index >= 15 is 0 Å². The van der Waals surface area contributed by atoms with Crippen LogP contribution in [0.5, 0.6) is 0 Å². The first kappa shape index (κ1) is 14.5. The van der Waals surface area contributed by atoms with Crippen LogP contribution in [0.2, 0.25) is 5.02 Å². The van der Waals surface area contributed by atoms with Crippen LogP contribution in [0, 0.1) is 19.7 Å². The van der Waals surface area contributed by atoms with Gasteiger partial charge in [-0.2, -0.15) is 0 Å². The third kappa shape index (κ3) is 2.44. The predicted octanol–water partition coefficient (Wildman–Crippen LogP) is 4.00. The fourth-order valence-corrected chi connectivity index (χ4v) is 2.51. The summed E-state index contributed by atoms with van der Waals surface area (Å²) in [7, 11) is 0. The summed E-state index contributed by atoms with van der Waals surface area (Å²) in [6.07, 6.45) is 1.75. The Bertz CT molecular complexity index is 868. The molecule has 0 radical (unpaired) electrons. The Morgan fingerprint density at radius 3 is 2.77 bits per heavy atom. The molecule has 2 aromatic heterocycles. The number of benzene rings is 1. The van der Waals surface area contributed by atoms with Crippen molar-refractivity contribution in [1.29, 1.82) is 0 Å². The molecule has 0 aliphatic rings. The van der Waals surface area contributed by atoms with Crippen LogP contribution in [-0.4, -0.2) is 15.3 Å². The molecular formula is C16H13ClFN3O. The molecule has 0 saturated carbocycles. The number of pyridine rings is 1. The summed E-state index contributed by atoms with van der Waals surface area (Å²) in [6.45, 7) is 3.86. The monoisotopic (exact) mass is 317 g/mol. The van der Waals surface area contributed by atoms with Crippen LogP contribution in [0.15, 0.2) is 36.5 Å². The minimum absolute atomic E-state index is 0.0771. The predicted molar refractivity (Wildman–Crippen MR) is 84.0 cm³/mol. The first-order chi connectivity index (χ1) is 10.5. The van der Waals surface area contributed by atoms with Gasteiger partial charge in [0.15, 0.2) is 0 Å². The second kappa shape index (κ2) is 5.42. The summed E-state index contributed by atoms with van der Waals surface area (Å²) in [6, 6.07) is 7.64. The van der Waals surface area contributed by atoms with E-state index in [0.29, 0.717) is 5.69 Å². The summed E-state index contributed by atoms with van der Waals surface area (Å²) in [5.74, 6) is -1.24. The van der Waals surface area contributed by atoms with Crippen molar-refractivity contribution in [2.45, 2.75) is 13.8 Å². The molecular weight excluding hydrogens is 305 g/mol. The van der Waals surface area contributed by atoms with Gasteiger partial charge >= 0.3 is 0 Å². The minimum atomic E-state index is -0.652. The van der Waals surface area contributed by atoms with Gasteiger partial charge in [-0.25, -0.2) is 9.37 Å². The van der Waals surface area contributed by atoms with E-state index in [1.807, 2.05) is 18.2 Å². The number of halogens is 2. The number of carbonyl (C=O) groups excluding carboxylic acids is 1. The first-order valence-corrected chi connectivity index (χ1v) is 7.06. The molecule has 0 aliphatic carbocycles. The van der Waals surface area contributed by atoms with Gasteiger partial charge < -0.3 is 9.72 Å². The molecule has 0 atom stereocenters. The highest BCUT2D eigenvalue weighted by Gasteiger charge is 2.16. The molecule has 22 heavy (non-hydrogen) atoms. The largest absolute Gasteiger partial charge is 0.321 e. The summed E-state index contributed by atoms with van der Waals surface area (Å²) in [4.78, 5) is 16.6. The number of aryl methyl sites for hydroxylation is 2. The van der Waals surface area contributed by atoms with E-state index in [2.05, 4.69) is 10.3 Å². The normalized spacial score (nSPS) is 10.9. The van der Waals surface area contributed by atoms with Crippen LogP contribution in [0.1, 0.15) is 21.7 Å². The number of carbonyl (C=O) groups is 1. The average Bonchev–Trinajstić information content (AvgIpc) is 2.74. The lowest BCUT2D eigenvalue weighted by atomic mass is 10.2. The number of rotatable bonds is 2. The molecule has 3 rings (SSSR count). The van der Waals surface area contributed by atoms with Gasteiger partial charge in [0, 0.05) is 11.9 Å². The number of imidazole rings is 1. The second-order valence-electron chi connectivity index (χ2n) is 4.98. The fraction of sp³-hybridized carbons (Fsp3) is 0.125. The molecule has 0 aliphatic heterocycles. The smallest absolute Gasteiger partial charge is 0.260 e. The van der Waals surface area contributed by atoms with Gasteiger partial charge in [0.1, 0.15) is 11.5 Å². The third-order valence-electron chi connectivity index (χ3n) is 3.54.